The van der Waals surface area contributed by atoms with Gasteiger partial charge in [-0.15, -0.1) is 0 Å². The highest BCUT2D eigenvalue weighted by atomic mass is 16.6. The van der Waals surface area contributed by atoms with Crippen molar-refractivity contribution in [2.45, 2.75) is 12.7 Å². The molecule has 1 heterocycles. The van der Waals surface area contributed by atoms with E-state index in [9.17, 15) is 19.9 Å². The van der Waals surface area contributed by atoms with Gasteiger partial charge in [-0.25, -0.2) is 4.79 Å². The van der Waals surface area contributed by atoms with E-state index in [-0.39, 0.29) is 36.6 Å². The summed E-state index contributed by atoms with van der Waals surface area (Å²) in [4.78, 5) is 11.5. The van der Waals surface area contributed by atoms with Crippen LogP contribution >= 0.6 is 0 Å². The lowest BCUT2D eigenvalue weighted by molar-refractivity contribution is 0.0689. The molecular weight excluding hydrogens is 291 g/mol. The molecule has 1 aromatic rings. The van der Waals surface area contributed by atoms with Gasteiger partial charge in [-0.2, -0.15) is 0 Å². The number of methoxy groups -OCH3 is 1. The highest BCUT2D eigenvalue weighted by Gasteiger charge is 2.32. The van der Waals surface area contributed by atoms with Crippen LogP contribution in [0.15, 0.2) is 12.1 Å². The molecular formula is C14H16BO7-. The Bertz CT molecular complexity index is 630. The molecule has 7 nitrogen and oxygen atoms in total. The summed E-state index contributed by atoms with van der Waals surface area (Å²) in [6, 6.07) is 3.16. The molecule has 0 amide bonds. The fraction of sp³-hybridized carbons (Fsp3) is 0.357. The fourth-order valence-corrected chi connectivity index (χ4v) is 2.14. The van der Waals surface area contributed by atoms with Crippen molar-refractivity contribution in [2.24, 2.45) is 0 Å². The van der Waals surface area contributed by atoms with Crippen molar-refractivity contribution < 1.29 is 34.1 Å². The number of carbonyl (C=O) groups is 1. The van der Waals surface area contributed by atoms with Gasteiger partial charge in [-0.3, -0.25) is 0 Å². The van der Waals surface area contributed by atoms with Gasteiger partial charge >= 0.3 is 12.7 Å². The van der Waals surface area contributed by atoms with E-state index in [4.69, 9.17) is 14.1 Å². The van der Waals surface area contributed by atoms with Crippen molar-refractivity contribution in [1.82, 2.24) is 0 Å². The summed E-state index contributed by atoms with van der Waals surface area (Å²) in [5.74, 6) is 4.07. The Morgan fingerprint density at radius 1 is 1.36 bits per heavy atom. The molecule has 22 heavy (non-hydrogen) atoms. The Morgan fingerprint density at radius 2 is 2.09 bits per heavy atom. The molecule has 1 aliphatic heterocycles. The summed E-state index contributed by atoms with van der Waals surface area (Å²) in [7, 11) is 1.51. The van der Waals surface area contributed by atoms with Gasteiger partial charge in [-0.1, -0.05) is 24.2 Å². The predicted molar refractivity (Wildman–Crippen MR) is 77.9 cm³/mol. The first-order chi connectivity index (χ1) is 10.4. The molecule has 0 radical (unpaired) electrons. The fourth-order valence-electron chi connectivity index (χ4n) is 2.14. The van der Waals surface area contributed by atoms with Crippen LogP contribution in [-0.2, 0) is 11.2 Å². The predicted octanol–water partition coefficient (Wildman–Crippen LogP) is 0.272. The molecule has 2 rings (SSSR count). The van der Waals surface area contributed by atoms with Crippen molar-refractivity contribution >= 4 is 12.7 Å². The van der Waals surface area contributed by atoms with Gasteiger partial charge in [0.1, 0.15) is 24.5 Å². The van der Waals surface area contributed by atoms with Crippen LogP contribution in [-0.4, -0.2) is 48.2 Å². The lowest BCUT2D eigenvalue weighted by atomic mass is 9.70. The number of hydrogen-bond donors (Lipinski definition) is 3. The van der Waals surface area contributed by atoms with Crippen molar-refractivity contribution in [3.05, 3.63) is 23.3 Å². The molecule has 1 aliphatic rings. The number of rotatable bonds is 4. The van der Waals surface area contributed by atoms with Gasteiger partial charge in [0.25, 0.3) is 0 Å². The number of fused-ring (bicyclic) bond motifs is 1. The summed E-state index contributed by atoms with van der Waals surface area (Å²) in [5.41, 5.74) is 0.357. The molecule has 0 saturated heterocycles. The second-order valence-corrected chi connectivity index (χ2v) is 4.82. The zero-order valence-electron chi connectivity index (χ0n) is 12.0. The highest BCUT2D eigenvalue weighted by molar-refractivity contribution is 6.59. The van der Waals surface area contributed by atoms with Crippen LogP contribution in [0.1, 0.15) is 15.9 Å². The summed E-state index contributed by atoms with van der Waals surface area (Å²) in [6.45, 7) is -2.81. The van der Waals surface area contributed by atoms with Crippen LogP contribution in [0.4, 0.5) is 0 Å². The number of aromatic carboxylic acids is 1. The zero-order chi connectivity index (χ0) is 16.2. The van der Waals surface area contributed by atoms with Crippen molar-refractivity contribution in [3.8, 4) is 23.3 Å². The number of ether oxygens (including phenoxy) is 2. The minimum absolute atomic E-state index is 0.0169. The van der Waals surface area contributed by atoms with Crippen LogP contribution < -0.4 is 9.39 Å². The van der Waals surface area contributed by atoms with E-state index in [1.54, 1.807) is 6.07 Å². The summed E-state index contributed by atoms with van der Waals surface area (Å²) in [5, 5.41) is 28.6. The first-order valence-electron chi connectivity index (χ1n) is 6.70. The van der Waals surface area contributed by atoms with E-state index in [2.05, 4.69) is 11.8 Å². The second kappa shape index (κ2) is 6.70. The van der Waals surface area contributed by atoms with E-state index >= 15 is 0 Å². The largest absolute Gasteiger partial charge is 0.669 e. The van der Waals surface area contributed by atoms with Crippen molar-refractivity contribution in [3.63, 3.8) is 0 Å². The lowest BCUT2D eigenvalue weighted by Gasteiger charge is -2.37. The molecule has 0 atom stereocenters. The third-order valence-corrected chi connectivity index (χ3v) is 3.15. The van der Waals surface area contributed by atoms with Crippen molar-refractivity contribution in [1.29, 1.82) is 0 Å². The maximum atomic E-state index is 11.5. The Kier molecular flexibility index (Phi) is 4.93. The molecule has 0 aromatic heterocycles. The summed E-state index contributed by atoms with van der Waals surface area (Å²) < 4.78 is 15.1. The SMILES string of the molecule is COCC#CCOc1ccc2c(c1C(=O)O)O[B-](O)(O)CC2. The summed E-state index contributed by atoms with van der Waals surface area (Å²) in [6.07, 6.45) is 0.339. The second-order valence-electron chi connectivity index (χ2n) is 4.82. The van der Waals surface area contributed by atoms with E-state index in [1.807, 2.05) is 0 Å². The van der Waals surface area contributed by atoms with Crippen LogP contribution in [0.25, 0.3) is 0 Å². The molecule has 0 unspecified atom stereocenters. The molecule has 3 N–H and O–H groups in total. The maximum Gasteiger partial charge on any atom is 0.430 e. The average Bonchev–Trinajstić information content (AvgIpc) is 2.45. The number of benzene rings is 1. The Balaban J connectivity index is 2.28. The Hall–Kier alpha value is -2.21. The third-order valence-electron chi connectivity index (χ3n) is 3.15. The minimum atomic E-state index is -3.04. The number of carboxylic acids is 1. The van der Waals surface area contributed by atoms with E-state index < -0.39 is 12.7 Å². The highest BCUT2D eigenvalue weighted by Crippen LogP contribution is 2.38. The van der Waals surface area contributed by atoms with Gasteiger partial charge in [0.2, 0.25) is 0 Å². The Labute approximate surface area is 127 Å². The van der Waals surface area contributed by atoms with E-state index in [0.717, 1.165) is 0 Å². The topological polar surface area (TPSA) is 105 Å². The van der Waals surface area contributed by atoms with Crippen LogP contribution in [0, 0.1) is 11.8 Å². The smallest absolute Gasteiger partial charge is 0.430 e. The molecule has 0 fully saturated rings. The molecule has 118 valence electrons. The first kappa shape index (κ1) is 16.2. The molecule has 0 spiro atoms. The summed E-state index contributed by atoms with van der Waals surface area (Å²) >= 11 is 0. The van der Waals surface area contributed by atoms with E-state index in [1.165, 1.54) is 13.2 Å². The van der Waals surface area contributed by atoms with Crippen LogP contribution in [0.3, 0.4) is 0 Å². The zero-order valence-corrected chi connectivity index (χ0v) is 12.0. The van der Waals surface area contributed by atoms with Gasteiger partial charge in [0, 0.05) is 7.11 Å². The average molecular weight is 307 g/mol. The molecule has 0 aliphatic carbocycles. The van der Waals surface area contributed by atoms with Gasteiger partial charge in [0.05, 0.1) is 5.75 Å². The third kappa shape index (κ3) is 3.71. The van der Waals surface area contributed by atoms with Crippen LogP contribution in [0.5, 0.6) is 11.5 Å². The monoisotopic (exact) mass is 307 g/mol. The maximum absolute atomic E-state index is 11.5. The number of carboxylic acid groups (broad SMARTS) is 1. The van der Waals surface area contributed by atoms with Gasteiger partial charge in [0.15, 0.2) is 0 Å². The molecule has 0 saturated carbocycles. The molecule has 1 aromatic carbocycles. The standard InChI is InChI=1S/C14H16BO7/c1-20-8-2-3-9-21-11-5-4-10-6-7-15(18,19)22-13(10)12(11)14(16)17/h4-5,18-19H,6-9H2,1H3,(H,16,17)/q-1. The van der Waals surface area contributed by atoms with Crippen molar-refractivity contribution in [2.75, 3.05) is 20.3 Å². The van der Waals surface area contributed by atoms with Gasteiger partial charge in [-0.05, 0) is 18.1 Å². The first-order valence-corrected chi connectivity index (χ1v) is 6.70. The van der Waals surface area contributed by atoms with E-state index in [0.29, 0.717) is 12.0 Å². The number of aryl methyl sites for hydroxylation is 1. The minimum Gasteiger partial charge on any atom is -0.669 e. The molecule has 8 heteroatoms. The Morgan fingerprint density at radius 3 is 2.77 bits per heavy atom. The quantitative estimate of drug-likeness (QED) is 0.541. The van der Waals surface area contributed by atoms with Gasteiger partial charge < -0.3 is 29.3 Å². The van der Waals surface area contributed by atoms with Crippen LogP contribution in [0.2, 0.25) is 6.32 Å². The number of hydrogen-bond acceptors (Lipinski definition) is 6. The molecule has 0 bridgehead atoms. The normalized spacial score (nSPS) is 15.0. The lowest BCUT2D eigenvalue weighted by Crippen LogP contribution is -2.45.